The second-order valence-corrected chi connectivity index (χ2v) is 4.44. The maximum absolute atomic E-state index is 12.0. The van der Waals surface area contributed by atoms with Gasteiger partial charge in [-0.2, -0.15) is 0 Å². The number of rotatable bonds is 6. The molecule has 0 aromatic carbocycles. The number of carbonyl (C=O) groups excluding carboxylic acids is 3. The van der Waals surface area contributed by atoms with Gasteiger partial charge in [0.15, 0.2) is 0 Å². The molecule has 2 atom stereocenters. The Morgan fingerprint density at radius 2 is 1.95 bits per heavy atom. The third-order valence-electron chi connectivity index (χ3n) is 3.21. The van der Waals surface area contributed by atoms with Gasteiger partial charge in [-0.15, -0.1) is 0 Å². The van der Waals surface area contributed by atoms with Gasteiger partial charge in [-0.05, 0) is 38.7 Å². The number of hydrogen-bond acceptors (Lipinski definition) is 5. The Kier molecular flexibility index (Phi) is 6.76. The van der Waals surface area contributed by atoms with Crippen molar-refractivity contribution in [1.82, 2.24) is 4.90 Å². The van der Waals surface area contributed by atoms with Crippen molar-refractivity contribution in [3.05, 3.63) is 12.2 Å². The first-order valence-electron chi connectivity index (χ1n) is 6.86. The molecule has 1 saturated heterocycles. The molecular weight excluding hydrogens is 262 g/mol. The van der Waals surface area contributed by atoms with E-state index in [4.69, 9.17) is 9.47 Å². The van der Waals surface area contributed by atoms with Crippen molar-refractivity contribution in [2.45, 2.75) is 32.7 Å². The summed E-state index contributed by atoms with van der Waals surface area (Å²) in [5, 5.41) is 0. The van der Waals surface area contributed by atoms with Crippen LogP contribution < -0.4 is 0 Å². The van der Waals surface area contributed by atoms with Gasteiger partial charge in [-0.3, -0.25) is 9.69 Å². The van der Waals surface area contributed by atoms with Crippen LogP contribution >= 0.6 is 0 Å². The van der Waals surface area contributed by atoms with Crippen molar-refractivity contribution in [2.24, 2.45) is 5.92 Å². The molecule has 112 valence electrons. The molecule has 1 rings (SSSR count). The minimum Gasteiger partial charge on any atom is -0.464 e. The van der Waals surface area contributed by atoms with Crippen LogP contribution in [0, 0.1) is 5.92 Å². The van der Waals surface area contributed by atoms with E-state index in [-0.39, 0.29) is 19.1 Å². The summed E-state index contributed by atoms with van der Waals surface area (Å²) in [6, 6.07) is -0.634. The molecule has 1 fully saturated rings. The molecule has 2 unspecified atom stereocenters. The van der Waals surface area contributed by atoms with E-state index in [9.17, 15) is 14.4 Å². The predicted octanol–water partition coefficient (Wildman–Crippen LogP) is 1.54. The Balaban J connectivity index is 2.80. The molecule has 1 amide bonds. The van der Waals surface area contributed by atoms with Crippen LogP contribution in [-0.4, -0.2) is 49.0 Å². The Morgan fingerprint density at radius 3 is 2.55 bits per heavy atom. The summed E-state index contributed by atoms with van der Waals surface area (Å²) in [7, 11) is 0. The summed E-state index contributed by atoms with van der Waals surface area (Å²) in [5.74, 6) is -0.461. The number of hydrogen-bond donors (Lipinski definition) is 0. The molecule has 6 nitrogen and oxygen atoms in total. The zero-order valence-corrected chi connectivity index (χ0v) is 11.9. The molecule has 0 radical (unpaired) electrons. The highest BCUT2D eigenvalue weighted by Gasteiger charge is 2.42. The lowest BCUT2D eigenvalue weighted by molar-refractivity contribution is -0.149. The van der Waals surface area contributed by atoms with Gasteiger partial charge in [0.2, 0.25) is 0 Å². The van der Waals surface area contributed by atoms with Crippen molar-refractivity contribution in [1.29, 1.82) is 0 Å². The molecule has 6 heteroatoms. The summed E-state index contributed by atoms with van der Waals surface area (Å²) in [5.41, 5.74) is 0. The molecule has 0 aliphatic carbocycles. The Bertz CT molecular complexity index is 380. The Labute approximate surface area is 118 Å². The van der Waals surface area contributed by atoms with E-state index < -0.39 is 18.1 Å². The number of nitrogens with zero attached hydrogens (tertiary/aromatic N) is 1. The first-order chi connectivity index (χ1) is 9.65. The van der Waals surface area contributed by atoms with Crippen LogP contribution in [0.1, 0.15) is 26.7 Å². The van der Waals surface area contributed by atoms with Crippen molar-refractivity contribution >= 4 is 18.3 Å². The summed E-state index contributed by atoms with van der Waals surface area (Å²) in [6.45, 7) is 4.44. The second-order valence-electron chi connectivity index (χ2n) is 4.44. The fourth-order valence-corrected chi connectivity index (χ4v) is 2.37. The lowest BCUT2D eigenvalue weighted by atomic mass is 9.96. The van der Waals surface area contributed by atoms with E-state index in [1.165, 1.54) is 11.0 Å². The van der Waals surface area contributed by atoms with Gasteiger partial charge in [0.05, 0.1) is 13.2 Å². The van der Waals surface area contributed by atoms with Crippen LogP contribution in [-0.2, 0) is 19.1 Å². The highest BCUT2D eigenvalue weighted by Crippen LogP contribution is 2.29. The van der Waals surface area contributed by atoms with Crippen LogP contribution in [0.15, 0.2) is 12.2 Å². The van der Waals surface area contributed by atoms with Crippen molar-refractivity contribution in [2.75, 3.05) is 19.8 Å². The van der Waals surface area contributed by atoms with E-state index in [2.05, 4.69) is 0 Å². The molecule has 0 spiro atoms. The average Bonchev–Trinajstić information content (AvgIpc) is 2.83. The predicted molar refractivity (Wildman–Crippen MR) is 72.1 cm³/mol. The standard InChI is InChI=1S/C14H21NO5/c1-3-19-13(17)12-11(7-5-6-10-16)8-9-15(12)14(18)20-4-2/h5-6,10-12H,3-4,7-9H2,1-2H3/b6-5+. The monoisotopic (exact) mass is 283 g/mol. The highest BCUT2D eigenvalue weighted by molar-refractivity contribution is 5.82. The van der Waals surface area contributed by atoms with Crippen molar-refractivity contribution in [3.63, 3.8) is 0 Å². The normalized spacial score (nSPS) is 22.0. The van der Waals surface area contributed by atoms with Gasteiger partial charge in [-0.25, -0.2) is 9.59 Å². The second kappa shape index (κ2) is 8.35. The van der Waals surface area contributed by atoms with E-state index in [1.54, 1.807) is 19.9 Å². The van der Waals surface area contributed by atoms with Crippen LogP contribution in [0.3, 0.4) is 0 Å². The third kappa shape index (κ3) is 4.08. The van der Waals surface area contributed by atoms with Crippen LogP contribution in [0.25, 0.3) is 0 Å². The van der Waals surface area contributed by atoms with E-state index in [1.807, 2.05) is 0 Å². The SMILES string of the molecule is CCOC(=O)C1C(C/C=C/C=O)CCN1C(=O)OCC. The molecule has 0 saturated carbocycles. The van der Waals surface area contributed by atoms with Gasteiger partial charge in [0.25, 0.3) is 0 Å². The molecule has 0 aromatic rings. The summed E-state index contributed by atoms with van der Waals surface area (Å²) >= 11 is 0. The summed E-state index contributed by atoms with van der Waals surface area (Å²) < 4.78 is 10.0. The molecule has 0 N–H and O–H groups in total. The minimum absolute atomic E-state index is 0.0466. The van der Waals surface area contributed by atoms with Gasteiger partial charge in [0, 0.05) is 6.54 Å². The number of carbonyl (C=O) groups is 3. The largest absolute Gasteiger partial charge is 0.464 e. The topological polar surface area (TPSA) is 72.9 Å². The first-order valence-corrected chi connectivity index (χ1v) is 6.86. The first kappa shape index (κ1) is 16.2. The van der Waals surface area contributed by atoms with Gasteiger partial charge in [-0.1, -0.05) is 6.08 Å². The van der Waals surface area contributed by atoms with Crippen LogP contribution in [0.4, 0.5) is 4.79 Å². The maximum Gasteiger partial charge on any atom is 0.410 e. The van der Waals surface area contributed by atoms with Gasteiger partial charge >= 0.3 is 12.1 Å². The molecule has 0 aromatic heterocycles. The van der Waals surface area contributed by atoms with Crippen LogP contribution in [0.2, 0.25) is 0 Å². The molecule has 1 heterocycles. The van der Waals surface area contributed by atoms with Crippen molar-refractivity contribution < 1.29 is 23.9 Å². The maximum atomic E-state index is 12.0. The van der Waals surface area contributed by atoms with E-state index >= 15 is 0 Å². The lowest BCUT2D eigenvalue weighted by Gasteiger charge is -2.25. The van der Waals surface area contributed by atoms with Crippen LogP contribution in [0.5, 0.6) is 0 Å². The number of ether oxygens (including phenoxy) is 2. The number of esters is 1. The minimum atomic E-state index is -0.634. The highest BCUT2D eigenvalue weighted by atomic mass is 16.6. The Morgan fingerprint density at radius 1 is 1.25 bits per heavy atom. The molecular formula is C14H21NO5. The van der Waals surface area contributed by atoms with Gasteiger partial charge in [0.1, 0.15) is 12.3 Å². The fourth-order valence-electron chi connectivity index (χ4n) is 2.37. The number of allylic oxidation sites excluding steroid dienone is 2. The average molecular weight is 283 g/mol. The van der Waals surface area contributed by atoms with Gasteiger partial charge < -0.3 is 9.47 Å². The molecule has 20 heavy (non-hydrogen) atoms. The van der Waals surface area contributed by atoms with E-state index in [0.29, 0.717) is 25.7 Å². The molecule has 1 aliphatic heterocycles. The fraction of sp³-hybridized carbons (Fsp3) is 0.643. The quantitative estimate of drug-likeness (QED) is 0.420. The third-order valence-corrected chi connectivity index (χ3v) is 3.21. The summed E-state index contributed by atoms with van der Waals surface area (Å²) in [6.07, 6.45) is 4.54. The summed E-state index contributed by atoms with van der Waals surface area (Å²) in [4.78, 5) is 35.6. The molecule has 1 aliphatic rings. The smallest absolute Gasteiger partial charge is 0.410 e. The Hall–Kier alpha value is -1.85. The van der Waals surface area contributed by atoms with E-state index in [0.717, 1.165) is 0 Å². The van der Waals surface area contributed by atoms with Crippen molar-refractivity contribution in [3.8, 4) is 0 Å². The number of likely N-dealkylation sites (tertiary alicyclic amines) is 1. The lowest BCUT2D eigenvalue weighted by Crippen LogP contribution is -2.44. The number of amides is 1. The zero-order chi connectivity index (χ0) is 15.0. The zero-order valence-electron chi connectivity index (χ0n) is 11.9. The number of aldehydes is 1. The molecule has 0 bridgehead atoms.